The first-order chi connectivity index (χ1) is 21.1. The second-order valence-corrected chi connectivity index (χ2v) is 13.2. The Kier molecular flexibility index (Phi) is 9.68. The summed E-state index contributed by atoms with van der Waals surface area (Å²) in [6.45, 7) is 5.34. The zero-order valence-electron chi connectivity index (χ0n) is 25.3. The molecule has 1 amide bonds. The average Bonchev–Trinajstić information content (AvgIpc) is 3.03. The molecule has 0 saturated carbocycles. The molecule has 9 heteroatoms. The smallest absolute Gasteiger partial charge is 0.261 e. The quantitative estimate of drug-likeness (QED) is 0.245. The zero-order valence-corrected chi connectivity index (χ0v) is 26.1. The van der Waals surface area contributed by atoms with Crippen LogP contribution in [-0.4, -0.2) is 68.1 Å². The molecule has 8 nitrogen and oxygen atoms in total. The first-order valence-corrected chi connectivity index (χ1v) is 16.3. The van der Waals surface area contributed by atoms with Crippen LogP contribution in [0.2, 0.25) is 0 Å². The predicted molar refractivity (Wildman–Crippen MR) is 173 cm³/mol. The monoisotopic (exact) mass is 613 g/mol. The van der Waals surface area contributed by atoms with Crippen LogP contribution in [0.1, 0.15) is 29.8 Å². The lowest BCUT2D eigenvalue weighted by Crippen LogP contribution is -2.49. The molecule has 0 saturated heterocycles. The van der Waals surface area contributed by atoms with E-state index in [1.54, 1.807) is 42.2 Å². The minimum absolute atomic E-state index is 0.0414. The van der Waals surface area contributed by atoms with Gasteiger partial charge >= 0.3 is 0 Å². The van der Waals surface area contributed by atoms with E-state index in [1.807, 2.05) is 32.2 Å². The van der Waals surface area contributed by atoms with Gasteiger partial charge in [0.1, 0.15) is 11.9 Å². The van der Waals surface area contributed by atoms with E-state index in [-0.39, 0.29) is 40.7 Å². The second-order valence-electron chi connectivity index (χ2n) is 11.5. The van der Waals surface area contributed by atoms with Crippen LogP contribution in [0.5, 0.6) is 5.75 Å². The molecule has 0 unspecified atom stereocenters. The van der Waals surface area contributed by atoms with E-state index >= 15 is 0 Å². The van der Waals surface area contributed by atoms with E-state index in [4.69, 9.17) is 4.74 Å². The lowest BCUT2D eigenvalue weighted by atomic mass is 9.99. The number of carbonyl (C=O) groups is 1. The van der Waals surface area contributed by atoms with Crippen LogP contribution in [0, 0.1) is 5.92 Å². The number of aliphatic hydroxyl groups excluding tert-OH is 1. The van der Waals surface area contributed by atoms with Crippen LogP contribution >= 0.6 is 0 Å². The number of ether oxygens (including phenoxy) is 1. The van der Waals surface area contributed by atoms with Crippen molar-refractivity contribution in [3.8, 4) is 16.9 Å². The maximum absolute atomic E-state index is 13.8. The number of anilines is 1. The Bertz CT molecular complexity index is 1660. The van der Waals surface area contributed by atoms with Gasteiger partial charge in [0.05, 0.1) is 23.1 Å². The Morgan fingerprint density at radius 1 is 0.955 bits per heavy atom. The molecule has 0 aromatic heterocycles. The summed E-state index contributed by atoms with van der Waals surface area (Å²) in [4.78, 5) is 17.7. The summed E-state index contributed by atoms with van der Waals surface area (Å²) in [5.74, 6) is 0.0182. The first-order valence-electron chi connectivity index (χ1n) is 14.8. The Balaban J connectivity index is 1.36. The molecule has 4 aromatic rings. The number of hydrogen-bond acceptors (Lipinski definition) is 6. The van der Waals surface area contributed by atoms with Gasteiger partial charge in [-0.15, -0.1) is 0 Å². The normalized spacial score (nSPS) is 17.8. The third kappa shape index (κ3) is 7.30. The number of fused-ring (bicyclic) bond motifs is 1. The zero-order chi connectivity index (χ0) is 31.3. The lowest BCUT2D eigenvalue weighted by molar-refractivity contribution is 0.0341. The van der Waals surface area contributed by atoms with E-state index in [0.717, 1.165) is 0 Å². The Labute approximate surface area is 260 Å². The van der Waals surface area contributed by atoms with Crippen LogP contribution in [0.3, 0.4) is 0 Å². The van der Waals surface area contributed by atoms with Gasteiger partial charge in [-0.25, -0.2) is 8.42 Å². The minimum Gasteiger partial charge on any atom is -0.488 e. The first kappa shape index (κ1) is 31.3. The molecular formula is C35H39N3O5S. The van der Waals surface area contributed by atoms with Crippen LogP contribution < -0.4 is 9.46 Å². The summed E-state index contributed by atoms with van der Waals surface area (Å²) in [5, 5.41) is 9.98. The Morgan fingerprint density at radius 3 is 2.25 bits per heavy atom. The summed E-state index contributed by atoms with van der Waals surface area (Å²) in [5.41, 5.74) is 4.01. The molecule has 0 aliphatic carbocycles. The van der Waals surface area contributed by atoms with Crippen molar-refractivity contribution in [2.45, 2.75) is 37.4 Å². The number of likely N-dealkylation sites (N-methyl/N-ethyl adjacent to an activating group) is 1. The standard InChI is InChI=1S/C35H39N3O5S/c1-25-21-38(26(2)24-39)35(40)32-20-30(36-44(41,42)31-12-8-5-9-13-31)18-19-33(32)43-34(25)23-37(3)22-27-14-16-29(17-15-27)28-10-6-4-7-11-28/h4-20,25-26,34,36,39H,21-24H2,1-3H3/t25-,26+,34-/m1/s1. The maximum Gasteiger partial charge on any atom is 0.261 e. The highest BCUT2D eigenvalue weighted by molar-refractivity contribution is 7.92. The SMILES string of the molecule is C[C@@H]1CN([C@@H](C)CO)C(=O)c2cc(NS(=O)(=O)c3ccccc3)ccc2O[C@@H]1CN(C)Cc1ccc(-c2ccccc2)cc1. The maximum atomic E-state index is 13.8. The molecule has 0 fully saturated rings. The number of benzene rings is 4. The van der Waals surface area contributed by atoms with Gasteiger partial charge in [0, 0.05) is 31.2 Å². The van der Waals surface area contributed by atoms with Gasteiger partial charge in [0.15, 0.2) is 0 Å². The number of amides is 1. The fourth-order valence-corrected chi connectivity index (χ4v) is 6.50. The predicted octanol–water partition coefficient (Wildman–Crippen LogP) is 5.51. The van der Waals surface area contributed by atoms with Crippen molar-refractivity contribution in [2.24, 2.45) is 5.92 Å². The molecule has 44 heavy (non-hydrogen) atoms. The fourth-order valence-electron chi connectivity index (χ4n) is 5.43. The molecule has 2 N–H and O–H groups in total. The third-order valence-corrected chi connectivity index (χ3v) is 9.37. The van der Waals surface area contributed by atoms with Crippen molar-refractivity contribution in [1.82, 2.24) is 9.80 Å². The van der Waals surface area contributed by atoms with Gasteiger partial charge in [-0.05, 0) is 61.0 Å². The Hall–Kier alpha value is -4.18. The molecular weight excluding hydrogens is 574 g/mol. The number of nitrogens with zero attached hydrogens (tertiary/aromatic N) is 2. The van der Waals surface area contributed by atoms with Gasteiger partial charge < -0.3 is 14.7 Å². The topological polar surface area (TPSA) is 99.2 Å². The number of hydrogen-bond donors (Lipinski definition) is 2. The number of aliphatic hydroxyl groups is 1. The van der Waals surface area contributed by atoms with Crippen molar-refractivity contribution >= 4 is 21.6 Å². The Morgan fingerprint density at radius 2 is 1.59 bits per heavy atom. The molecule has 4 aromatic carbocycles. The molecule has 230 valence electrons. The fraction of sp³-hybridized carbons (Fsp3) is 0.286. The average molecular weight is 614 g/mol. The lowest BCUT2D eigenvalue weighted by Gasteiger charge is -2.38. The summed E-state index contributed by atoms with van der Waals surface area (Å²) in [6, 6.07) is 31.2. The van der Waals surface area contributed by atoms with E-state index in [0.29, 0.717) is 25.4 Å². The number of sulfonamides is 1. The highest BCUT2D eigenvalue weighted by Crippen LogP contribution is 2.31. The van der Waals surface area contributed by atoms with Crippen molar-refractivity contribution in [2.75, 3.05) is 31.5 Å². The van der Waals surface area contributed by atoms with Crippen molar-refractivity contribution < 1.29 is 23.1 Å². The highest BCUT2D eigenvalue weighted by atomic mass is 32.2. The molecule has 0 spiro atoms. The van der Waals surface area contributed by atoms with Crippen molar-refractivity contribution in [3.63, 3.8) is 0 Å². The third-order valence-electron chi connectivity index (χ3n) is 7.98. The summed E-state index contributed by atoms with van der Waals surface area (Å²) in [6.07, 6.45) is -0.268. The van der Waals surface area contributed by atoms with Gasteiger partial charge in [-0.3, -0.25) is 14.4 Å². The molecule has 1 heterocycles. The molecule has 1 aliphatic heterocycles. The molecule has 1 aliphatic rings. The van der Waals surface area contributed by atoms with Gasteiger partial charge in [0.25, 0.3) is 15.9 Å². The molecule has 0 bridgehead atoms. The van der Waals surface area contributed by atoms with E-state index in [2.05, 4.69) is 46.0 Å². The second kappa shape index (κ2) is 13.6. The molecule has 5 rings (SSSR count). The molecule has 3 atom stereocenters. The van der Waals surface area contributed by atoms with Gasteiger partial charge in [0.2, 0.25) is 0 Å². The van der Waals surface area contributed by atoms with Crippen LogP contribution in [-0.2, 0) is 16.6 Å². The van der Waals surface area contributed by atoms with Crippen LogP contribution in [0.4, 0.5) is 5.69 Å². The van der Waals surface area contributed by atoms with Crippen LogP contribution in [0.15, 0.2) is 108 Å². The highest BCUT2D eigenvalue weighted by Gasteiger charge is 2.33. The van der Waals surface area contributed by atoms with Crippen molar-refractivity contribution in [3.05, 3.63) is 114 Å². The van der Waals surface area contributed by atoms with Crippen LogP contribution in [0.25, 0.3) is 11.1 Å². The summed E-state index contributed by atoms with van der Waals surface area (Å²) < 4.78 is 35.0. The van der Waals surface area contributed by atoms with E-state index in [9.17, 15) is 18.3 Å². The van der Waals surface area contributed by atoms with Crippen molar-refractivity contribution in [1.29, 1.82) is 0 Å². The summed E-state index contributed by atoms with van der Waals surface area (Å²) >= 11 is 0. The van der Waals surface area contributed by atoms with Gasteiger partial charge in [-0.1, -0.05) is 79.7 Å². The number of rotatable bonds is 10. The van der Waals surface area contributed by atoms with Gasteiger partial charge in [-0.2, -0.15) is 0 Å². The number of nitrogens with one attached hydrogen (secondary N) is 1. The minimum atomic E-state index is -3.85. The van der Waals surface area contributed by atoms with E-state index in [1.165, 1.54) is 34.9 Å². The van der Waals surface area contributed by atoms with E-state index < -0.39 is 16.1 Å². The largest absolute Gasteiger partial charge is 0.488 e. The molecule has 0 radical (unpaired) electrons. The summed E-state index contributed by atoms with van der Waals surface area (Å²) in [7, 11) is -1.81. The number of carbonyl (C=O) groups excluding carboxylic acids is 1.